The Labute approximate surface area is 210 Å². The highest BCUT2D eigenvalue weighted by Gasteiger charge is 2.46. The van der Waals surface area contributed by atoms with E-state index in [2.05, 4.69) is 22.0 Å². The highest BCUT2D eigenvalue weighted by atomic mass is 35.5. The van der Waals surface area contributed by atoms with Gasteiger partial charge in [-0.15, -0.1) is 12.4 Å². The number of halogens is 1. The molecule has 2 aromatic carbocycles. The molecule has 6 N–H and O–H groups in total. The van der Waals surface area contributed by atoms with Crippen LogP contribution in [0.25, 0.3) is 10.9 Å². The van der Waals surface area contributed by atoms with E-state index >= 15 is 0 Å². The molecule has 1 aliphatic heterocycles. The van der Waals surface area contributed by atoms with E-state index in [1.807, 2.05) is 29.2 Å². The van der Waals surface area contributed by atoms with Crippen LogP contribution in [0.15, 0.2) is 42.5 Å². The summed E-state index contributed by atoms with van der Waals surface area (Å²) in [6, 6.07) is 13.9. The van der Waals surface area contributed by atoms with Gasteiger partial charge in [-0.05, 0) is 24.0 Å². The van der Waals surface area contributed by atoms with Crippen LogP contribution in [0.3, 0.4) is 0 Å². The van der Waals surface area contributed by atoms with Gasteiger partial charge in [0.05, 0.1) is 19.7 Å². The molecule has 10 nitrogen and oxygen atoms in total. The van der Waals surface area contributed by atoms with Crippen molar-refractivity contribution in [1.82, 2.24) is 14.9 Å². The van der Waals surface area contributed by atoms with Crippen molar-refractivity contribution in [2.24, 2.45) is 5.92 Å². The van der Waals surface area contributed by atoms with Crippen molar-refractivity contribution in [2.75, 3.05) is 51.0 Å². The third kappa shape index (κ3) is 5.34. The Bertz CT molecular complexity index is 1160. The fourth-order valence-corrected chi connectivity index (χ4v) is 4.51. The Kier molecular flexibility index (Phi) is 9.08. The quantitative estimate of drug-likeness (QED) is 0.549. The number of piperazine rings is 1. The first-order chi connectivity index (χ1) is 15.6. The molecule has 2 atom stereocenters. The van der Waals surface area contributed by atoms with Crippen LogP contribution in [0.1, 0.15) is 17.9 Å². The summed E-state index contributed by atoms with van der Waals surface area (Å²) in [6.45, 7) is 2.66. The number of nitrogens with two attached hydrogens (primary N) is 1. The maximum atomic E-state index is 13.0. The number of nitrogen functional groups attached to an aromatic ring is 1. The minimum Gasteiger partial charge on any atom is -0.493 e. The highest BCUT2D eigenvalue weighted by Crippen LogP contribution is 2.48. The van der Waals surface area contributed by atoms with E-state index in [0.717, 1.165) is 11.8 Å². The molecule has 2 heterocycles. The summed E-state index contributed by atoms with van der Waals surface area (Å²) in [6.07, 6.45) is 0.943. The number of nitrogens with zero attached hydrogens (tertiary/aromatic N) is 4. The van der Waals surface area contributed by atoms with Crippen LogP contribution >= 0.6 is 12.4 Å². The zero-order valence-electron chi connectivity index (χ0n) is 19.7. The first-order valence-corrected chi connectivity index (χ1v) is 10.9. The van der Waals surface area contributed by atoms with Crippen molar-refractivity contribution in [3.63, 3.8) is 0 Å². The van der Waals surface area contributed by atoms with Gasteiger partial charge in [-0.2, -0.15) is 4.98 Å². The molecule has 3 aromatic rings. The van der Waals surface area contributed by atoms with Crippen LogP contribution in [-0.4, -0.2) is 72.1 Å². The summed E-state index contributed by atoms with van der Waals surface area (Å²) in [5, 5.41) is 0.723. The van der Waals surface area contributed by atoms with Gasteiger partial charge in [0.15, 0.2) is 11.5 Å². The van der Waals surface area contributed by atoms with E-state index in [4.69, 9.17) is 20.2 Å². The average molecular weight is 506 g/mol. The molecule has 2 fully saturated rings. The number of anilines is 2. The molecular formula is C24H32ClN5O5. The molecule has 1 saturated carbocycles. The number of hydrogen-bond donors (Lipinski definition) is 1. The summed E-state index contributed by atoms with van der Waals surface area (Å²) in [5.41, 5.74) is 8.20. The topological polar surface area (TPSA) is 157 Å². The maximum Gasteiger partial charge on any atom is 0.228 e. The van der Waals surface area contributed by atoms with E-state index in [0.29, 0.717) is 60.9 Å². The summed E-state index contributed by atoms with van der Waals surface area (Å²) in [5.74, 6) is 2.88. The second-order valence-corrected chi connectivity index (χ2v) is 8.30. The number of aromatic nitrogens is 2. The first-order valence-electron chi connectivity index (χ1n) is 10.9. The minimum absolute atomic E-state index is 0. The van der Waals surface area contributed by atoms with Gasteiger partial charge < -0.3 is 36.0 Å². The molecule has 0 spiro atoms. The van der Waals surface area contributed by atoms with Gasteiger partial charge in [-0.25, -0.2) is 4.98 Å². The smallest absolute Gasteiger partial charge is 0.228 e. The molecule has 0 unspecified atom stereocenters. The lowest BCUT2D eigenvalue weighted by molar-refractivity contribution is -0.133. The van der Waals surface area contributed by atoms with Crippen molar-refractivity contribution < 1.29 is 25.2 Å². The summed E-state index contributed by atoms with van der Waals surface area (Å²) >= 11 is 0. The number of hydrogen-bond acceptors (Lipinski definition) is 7. The average Bonchev–Trinajstić information content (AvgIpc) is 3.64. The molecule has 11 heteroatoms. The van der Waals surface area contributed by atoms with Crippen LogP contribution in [0.4, 0.5) is 11.8 Å². The molecular weight excluding hydrogens is 474 g/mol. The summed E-state index contributed by atoms with van der Waals surface area (Å²) < 4.78 is 10.8. The Morgan fingerprint density at radius 3 is 2.23 bits per heavy atom. The van der Waals surface area contributed by atoms with Crippen molar-refractivity contribution in [3.05, 3.63) is 48.0 Å². The Balaban J connectivity index is 0.00000144. The standard InChI is InChI=1S/C24H27N5O3.ClH.2H2O/c1-31-20-13-18-19(14-21(20)32-2)26-24(27-22(18)25)29-10-8-28(9-11-29)23(30)17-12-16(17)15-6-4-3-5-7-15;;;/h3-7,13-14,16-17H,8-12H2,1-2H3,(H2,25,26,27);1H;2*1H2/t16-,17+;;;/m0.../s1. The minimum atomic E-state index is 0. The molecule has 1 saturated heterocycles. The first kappa shape index (κ1) is 27.9. The predicted octanol–water partition coefficient (Wildman–Crippen LogP) is 1.45. The van der Waals surface area contributed by atoms with Gasteiger partial charge in [-0.3, -0.25) is 4.79 Å². The number of fused-ring (bicyclic) bond motifs is 1. The molecule has 1 aliphatic carbocycles. The third-order valence-electron chi connectivity index (χ3n) is 6.43. The predicted molar refractivity (Wildman–Crippen MR) is 138 cm³/mol. The van der Waals surface area contributed by atoms with Crippen molar-refractivity contribution in [2.45, 2.75) is 12.3 Å². The van der Waals surface area contributed by atoms with Gasteiger partial charge in [0, 0.05) is 43.5 Å². The largest absolute Gasteiger partial charge is 0.493 e. The monoisotopic (exact) mass is 505 g/mol. The zero-order chi connectivity index (χ0) is 22.2. The van der Waals surface area contributed by atoms with E-state index in [9.17, 15) is 4.79 Å². The zero-order valence-corrected chi connectivity index (χ0v) is 20.5. The van der Waals surface area contributed by atoms with Crippen LogP contribution in [0.2, 0.25) is 0 Å². The van der Waals surface area contributed by atoms with Crippen molar-refractivity contribution >= 4 is 41.0 Å². The number of ether oxygens (including phenoxy) is 2. The number of carbonyl (C=O) groups is 1. The third-order valence-corrected chi connectivity index (χ3v) is 6.43. The Morgan fingerprint density at radius 2 is 1.60 bits per heavy atom. The molecule has 1 amide bonds. The van der Waals surface area contributed by atoms with Crippen molar-refractivity contribution in [3.8, 4) is 11.5 Å². The second-order valence-electron chi connectivity index (χ2n) is 8.30. The van der Waals surface area contributed by atoms with E-state index in [-0.39, 0.29) is 35.2 Å². The number of rotatable bonds is 5. The molecule has 1 aromatic heterocycles. The van der Waals surface area contributed by atoms with Gasteiger partial charge >= 0.3 is 0 Å². The van der Waals surface area contributed by atoms with E-state index in [1.165, 1.54) is 5.56 Å². The van der Waals surface area contributed by atoms with Crippen LogP contribution in [0, 0.1) is 5.92 Å². The number of methoxy groups -OCH3 is 2. The second kappa shape index (κ2) is 11.4. The normalized spacial score (nSPS) is 18.6. The van der Waals surface area contributed by atoms with Gasteiger partial charge in [0.1, 0.15) is 5.82 Å². The van der Waals surface area contributed by atoms with Crippen LogP contribution in [0.5, 0.6) is 11.5 Å². The van der Waals surface area contributed by atoms with Gasteiger partial charge in [0.25, 0.3) is 0 Å². The fourth-order valence-electron chi connectivity index (χ4n) is 4.51. The Hall–Kier alpha value is -3.34. The van der Waals surface area contributed by atoms with Crippen LogP contribution in [-0.2, 0) is 4.79 Å². The molecule has 0 radical (unpaired) electrons. The number of carbonyl (C=O) groups excluding carboxylic acids is 1. The maximum absolute atomic E-state index is 13.0. The fraction of sp³-hybridized carbons (Fsp3) is 0.375. The SMILES string of the molecule is COc1cc2nc(N3CCN(C(=O)[C@@H]4C[C@H]4c4ccccc4)CC3)nc(N)c2cc1OC.Cl.O.O. The summed E-state index contributed by atoms with van der Waals surface area (Å²) in [7, 11) is 3.17. The Morgan fingerprint density at radius 1 is 0.971 bits per heavy atom. The number of benzene rings is 2. The van der Waals surface area contributed by atoms with E-state index in [1.54, 1.807) is 20.3 Å². The van der Waals surface area contributed by atoms with E-state index < -0.39 is 0 Å². The molecule has 5 rings (SSSR count). The summed E-state index contributed by atoms with van der Waals surface area (Å²) in [4.78, 5) is 26.3. The lowest BCUT2D eigenvalue weighted by Crippen LogP contribution is -2.49. The lowest BCUT2D eigenvalue weighted by atomic mass is 10.1. The molecule has 0 bridgehead atoms. The molecule has 190 valence electrons. The lowest BCUT2D eigenvalue weighted by Gasteiger charge is -2.35. The molecule has 2 aliphatic rings. The van der Waals surface area contributed by atoms with Crippen molar-refractivity contribution in [1.29, 1.82) is 0 Å². The van der Waals surface area contributed by atoms with Gasteiger partial charge in [0.2, 0.25) is 11.9 Å². The number of amides is 1. The molecule has 35 heavy (non-hydrogen) atoms. The van der Waals surface area contributed by atoms with Crippen LogP contribution < -0.4 is 20.1 Å². The highest BCUT2D eigenvalue weighted by molar-refractivity contribution is 5.92. The van der Waals surface area contributed by atoms with Gasteiger partial charge in [-0.1, -0.05) is 30.3 Å².